The second kappa shape index (κ2) is 6.59. The van der Waals surface area contributed by atoms with Crippen LogP contribution >= 0.6 is 0 Å². The molecular formula is C13H20O2. The van der Waals surface area contributed by atoms with E-state index in [2.05, 4.69) is 6.92 Å². The molecule has 0 amide bonds. The van der Waals surface area contributed by atoms with Crippen molar-refractivity contribution >= 4 is 0 Å². The van der Waals surface area contributed by atoms with Crippen molar-refractivity contribution in [3.05, 3.63) is 35.9 Å². The Morgan fingerprint density at radius 1 is 1.20 bits per heavy atom. The van der Waals surface area contributed by atoms with Crippen LogP contribution in [0, 0.1) is 5.92 Å². The molecule has 2 atom stereocenters. The highest BCUT2D eigenvalue weighted by molar-refractivity contribution is 5.17. The van der Waals surface area contributed by atoms with E-state index in [1.165, 1.54) is 0 Å². The average Bonchev–Trinajstić information content (AvgIpc) is 2.31. The first kappa shape index (κ1) is 12.2. The van der Waals surface area contributed by atoms with Crippen LogP contribution in [0.3, 0.4) is 0 Å². The SMILES string of the molecule is CCCC[C@H](CO)[C@@H](O)c1ccccc1. The molecular weight excluding hydrogens is 188 g/mol. The van der Waals surface area contributed by atoms with Crippen LogP contribution < -0.4 is 0 Å². The van der Waals surface area contributed by atoms with Crippen molar-refractivity contribution in [2.75, 3.05) is 6.61 Å². The van der Waals surface area contributed by atoms with E-state index < -0.39 is 6.10 Å². The van der Waals surface area contributed by atoms with Crippen LogP contribution in [0.25, 0.3) is 0 Å². The lowest BCUT2D eigenvalue weighted by molar-refractivity contribution is 0.0606. The standard InChI is InChI=1S/C13H20O2/c1-2-3-7-12(10-14)13(15)11-8-5-4-6-9-11/h4-6,8-9,12-15H,2-3,7,10H2,1H3/t12-,13+/m1/s1. The lowest BCUT2D eigenvalue weighted by Gasteiger charge is -2.20. The van der Waals surface area contributed by atoms with Crippen LogP contribution in [0.15, 0.2) is 30.3 Å². The maximum Gasteiger partial charge on any atom is 0.0840 e. The zero-order chi connectivity index (χ0) is 11.1. The van der Waals surface area contributed by atoms with Crippen molar-refractivity contribution in [3.8, 4) is 0 Å². The average molecular weight is 208 g/mol. The van der Waals surface area contributed by atoms with Crippen LogP contribution in [0.4, 0.5) is 0 Å². The monoisotopic (exact) mass is 208 g/mol. The molecule has 0 aliphatic heterocycles. The predicted octanol–water partition coefficient (Wildman–Crippen LogP) is 2.52. The summed E-state index contributed by atoms with van der Waals surface area (Å²) in [4.78, 5) is 0. The molecule has 0 radical (unpaired) electrons. The summed E-state index contributed by atoms with van der Waals surface area (Å²) in [5.41, 5.74) is 0.896. The molecule has 84 valence electrons. The number of benzene rings is 1. The van der Waals surface area contributed by atoms with Crippen molar-refractivity contribution in [3.63, 3.8) is 0 Å². The molecule has 0 saturated heterocycles. The van der Waals surface area contributed by atoms with Gasteiger partial charge in [0.25, 0.3) is 0 Å². The summed E-state index contributed by atoms with van der Waals surface area (Å²) >= 11 is 0. The fourth-order valence-corrected chi connectivity index (χ4v) is 1.74. The van der Waals surface area contributed by atoms with Crippen LogP contribution in [0.1, 0.15) is 37.9 Å². The molecule has 2 N–H and O–H groups in total. The largest absolute Gasteiger partial charge is 0.396 e. The minimum Gasteiger partial charge on any atom is -0.396 e. The van der Waals surface area contributed by atoms with Gasteiger partial charge in [-0.3, -0.25) is 0 Å². The Bertz CT molecular complexity index is 258. The number of aliphatic hydroxyl groups is 2. The molecule has 0 aliphatic rings. The Hall–Kier alpha value is -0.860. The maximum atomic E-state index is 10.0. The molecule has 1 rings (SSSR count). The van der Waals surface area contributed by atoms with E-state index in [4.69, 9.17) is 0 Å². The summed E-state index contributed by atoms with van der Waals surface area (Å²) in [6, 6.07) is 9.55. The molecule has 0 unspecified atom stereocenters. The van der Waals surface area contributed by atoms with E-state index in [1.807, 2.05) is 30.3 Å². The lowest BCUT2D eigenvalue weighted by Crippen LogP contribution is -2.16. The third-order valence-corrected chi connectivity index (χ3v) is 2.75. The van der Waals surface area contributed by atoms with Gasteiger partial charge in [-0.25, -0.2) is 0 Å². The number of hydrogen-bond donors (Lipinski definition) is 2. The van der Waals surface area contributed by atoms with Crippen molar-refractivity contribution in [2.45, 2.75) is 32.3 Å². The zero-order valence-corrected chi connectivity index (χ0v) is 9.26. The summed E-state index contributed by atoms with van der Waals surface area (Å²) in [5, 5.41) is 19.3. The smallest absolute Gasteiger partial charge is 0.0840 e. The van der Waals surface area contributed by atoms with E-state index >= 15 is 0 Å². The molecule has 0 heterocycles. The number of aliphatic hydroxyl groups excluding tert-OH is 2. The fraction of sp³-hybridized carbons (Fsp3) is 0.538. The minimum atomic E-state index is -0.539. The van der Waals surface area contributed by atoms with Crippen LogP contribution in [-0.4, -0.2) is 16.8 Å². The Morgan fingerprint density at radius 2 is 1.87 bits per heavy atom. The van der Waals surface area contributed by atoms with Gasteiger partial charge in [-0.2, -0.15) is 0 Å². The Morgan fingerprint density at radius 3 is 2.40 bits per heavy atom. The second-order valence-electron chi connectivity index (χ2n) is 3.94. The highest BCUT2D eigenvalue weighted by Gasteiger charge is 2.19. The molecule has 0 aliphatic carbocycles. The summed E-state index contributed by atoms with van der Waals surface area (Å²) in [7, 11) is 0. The third kappa shape index (κ3) is 3.65. The summed E-state index contributed by atoms with van der Waals surface area (Å²) in [5.74, 6) is -0.0349. The molecule has 0 aromatic heterocycles. The van der Waals surface area contributed by atoms with Gasteiger partial charge in [0.1, 0.15) is 0 Å². The minimum absolute atomic E-state index is 0.0349. The number of hydrogen-bond acceptors (Lipinski definition) is 2. The Balaban J connectivity index is 2.60. The van der Waals surface area contributed by atoms with Crippen molar-refractivity contribution < 1.29 is 10.2 Å². The molecule has 1 aromatic carbocycles. The van der Waals surface area contributed by atoms with E-state index in [0.717, 1.165) is 24.8 Å². The molecule has 1 aromatic rings. The van der Waals surface area contributed by atoms with Crippen LogP contribution in [0.2, 0.25) is 0 Å². The highest BCUT2D eigenvalue weighted by atomic mass is 16.3. The fourth-order valence-electron chi connectivity index (χ4n) is 1.74. The summed E-state index contributed by atoms with van der Waals surface area (Å²) < 4.78 is 0. The third-order valence-electron chi connectivity index (χ3n) is 2.75. The van der Waals surface area contributed by atoms with Gasteiger partial charge >= 0.3 is 0 Å². The zero-order valence-electron chi connectivity index (χ0n) is 9.26. The lowest BCUT2D eigenvalue weighted by atomic mass is 9.92. The quantitative estimate of drug-likeness (QED) is 0.754. The summed E-state index contributed by atoms with van der Waals surface area (Å²) in [6.45, 7) is 2.17. The van der Waals surface area contributed by atoms with Crippen LogP contribution in [0.5, 0.6) is 0 Å². The van der Waals surface area contributed by atoms with Crippen molar-refractivity contribution in [1.82, 2.24) is 0 Å². The Kier molecular flexibility index (Phi) is 5.37. The van der Waals surface area contributed by atoms with E-state index in [-0.39, 0.29) is 12.5 Å². The number of rotatable bonds is 6. The van der Waals surface area contributed by atoms with Gasteiger partial charge in [0.15, 0.2) is 0 Å². The molecule has 15 heavy (non-hydrogen) atoms. The second-order valence-corrected chi connectivity index (χ2v) is 3.94. The normalized spacial score (nSPS) is 14.9. The summed E-state index contributed by atoms with van der Waals surface area (Å²) in [6.07, 6.45) is 2.48. The molecule has 0 bridgehead atoms. The number of unbranched alkanes of at least 4 members (excludes halogenated alkanes) is 1. The van der Waals surface area contributed by atoms with Gasteiger partial charge in [0.05, 0.1) is 6.10 Å². The first-order chi connectivity index (χ1) is 7.29. The van der Waals surface area contributed by atoms with E-state index in [0.29, 0.717) is 0 Å². The van der Waals surface area contributed by atoms with Gasteiger partial charge in [-0.1, -0.05) is 50.1 Å². The van der Waals surface area contributed by atoms with Crippen LogP contribution in [-0.2, 0) is 0 Å². The molecule has 0 saturated carbocycles. The highest BCUT2D eigenvalue weighted by Crippen LogP contribution is 2.25. The first-order valence-electron chi connectivity index (χ1n) is 5.63. The van der Waals surface area contributed by atoms with Gasteiger partial charge in [-0.05, 0) is 12.0 Å². The molecule has 0 fully saturated rings. The van der Waals surface area contributed by atoms with Gasteiger partial charge in [0.2, 0.25) is 0 Å². The van der Waals surface area contributed by atoms with Crippen molar-refractivity contribution in [2.24, 2.45) is 5.92 Å². The molecule has 0 spiro atoms. The van der Waals surface area contributed by atoms with E-state index in [9.17, 15) is 10.2 Å². The molecule has 2 nitrogen and oxygen atoms in total. The van der Waals surface area contributed by atoms with E-state index in [1.54, 1.807) is 0 Å². The van der Waals surface area contributed by atoms with Gasteiger partial charge in [-0.15, -0.1) is 0 Å². The first-order valence-corrected chi connectivity index (χ1v) is 5.63. The Labute approximate surface area is 91.6 Å². The molecule has 2 heteroatoms. The predicted molar refractivity (Wildman–Crippen MR) is 61.5 cm³/mol. The topological polar surface area (TPSA) is 40.5 Å². The maximum absolute atomic E-state index is 10.0. The van der Waals surface area contributed by atoms with Gasteiger partial charge < -0.3 is 10.2 Å². The van der Waals surface area contributed by atoms with Crippen molar-refractivity contribution in [1.29, 1.82) is 0 Å². The van der Waals surface area contributed by atoms with Gasteiger partial charge in [0, 0.05) is 12.5 Å².